The molecule has 90 valence electrons. The molecule has 0 amide bonds. The lowest BCUT2D eigenvalue weighted by Crippen LogP contribution is -1.96. The van der Waals surface area contributed by atoms with Crippen LogP contribution in [0.3, 0.4) is 0 Å². The molecule has 2 aromatic rings. The maximum absolute atomic E-state index is 10.4. The molecule has 0 aromatic carbocycles. The Morgan fingerprint density at radius 2 is 2.29 bits per heavy atom. The van der Waals surface area contributed by atoms with Gasteiger partial charge in [0, 0.05) is 23.1 Å². The fourth-order valence-corrected chi connectivity index (χ4v) is 3.18. The Labute approximate surface area is 108 Å². The van der Waals surface area contributed by atoms with Crippen LogP contribution in [-0.4, -0.2) is 16.1 Å². The summed E-state index contributed by atoms with van der Waals surface area (Å²) in [5, 5.41) is 13.8. The van der Waals surface area contributed by atoms with Gasteiger partial charge in [0.1, 0.15) is 0 Å². The minimum absolute atomic E-state index is 0.220. The van der Waals surface area contributed by atoms with E-state index in [1.54, 1.807) is 22.7 Å². The summed E-state index contributed by atoms with van der Waals surface area (Å²) in [6.07, 6.45) is 2.53. The summed E-state index contributed by atoms with van der Waals surface area (Å²) in [6.45, 7) is 0. The number of aryl methyl sites for hydroxylation is 1. The van der Waals surface area contributed by atoms with Crippen molar-refractivity contribution in [2.75, 3.05) is 0 Å². The topological polar surface area (TPSA) is 50.2 Å². The number of carboxylic acid groups (broad SMARTS) is 1. The molecule has 0 aliphatic heterocycles. The highest BCUT2D eigenvalue weighted by molar-refractivity contribution is 7.11. The molecule has 5 heteroatoms. The minimum atomic E-state index is -0.737. The lowest BCUT2D eigenvalue weighted by atomic mass is 10.2. The zero-order valence-corrected chi connectivity index (χ0v) is 10.9. The molecule has 0 atom stereocenters. The fourth-order valence-electron chi connectivity index (χ4n) is 1.53. The van der Waals surface area contributed by atoms with Crippen molar-refractivity contribution in [2.24, 2.45) is 0 Å². The van der Waals surface area contributed by atoms with Crippen LogP contribution in [0.25, 0.3) is 0 Å². The third kappa shape index (κ3) is 3.94. The number of carbonyl (C=O) groups is 1. The van der Waals surface area contributed by atoms with Gasteiger partial charge in [0.25, 0.3) is 0 Å². The van der Waals surface area contributed by atoms with E-state index in [4.69, 9.17) is 5.11 Å². The van der Waals surface area contributed by atoms with Crippen LogP contribution in [0.2, 0.25) is 0 Å². The van der Waals surface area contributed by atoms with E-state index in [0.717, 1.165) is 23.5 Å². The second kappa shape index (κ2) is 5.93. The SMILES string of the molecule is O=C(O)CCCc1csc(Cc2cccs2)n1. The average Bonchev–Trinajstić information content (AvgIpc) is 2.90. The number of nitrogens with zero attached hydrogens (tertiary/aromatic N) is 1. The number of rotatable bonds is 6. The Morgan fingerprint density at radius 3 is 3.00 bits per heavy atom. The molecule has 2 heterocycles. The first-order chi connectivity index (χ1) is 8.24. The lowest BCUT2D eigenvalue weighted by molar-refractivity contribution is -0.137. The molecule has 17 heavy (non-hydrogen) atoms. The maximum atomic E-state index is 10.4. The van der Waals surface area contributed by atoms with Crippen LogP contribution >= 0.6 is 22.7 Å². The van der Waals surface area contributed by atoms with Gasteiger partial charge in [0.2, 0.25) is 0 Å². The van der Waals surface area contributed by atoms with Gasteiger partial charge in [-0.05, 0) is 24.3 Å². The molecule has 0 aliphatic carbocycles. The summed E-state index contributed by atoms with van der Waals surface area (Å²) in [5.74, 6) is -0.737. The first-order valence-corrected chi connectivity index (χ1v) is 7.17. The van der Waals surface area contributed by atoms with E-state index < -0.39 is 5.97 Å². The predicted molar refractivity (Wildman–Crippen MR) is 69.8 cm³/mol. The highest BCUT2D eigenvalue weighted by Crippen LogP contribution is 2.18. The van der Waals surface area contributed by atoms with E-state index >= 15 is 0 Å². The van der Waals surface area contributed by atoms with E-state index in [1.165, 1.54) is 4.88 Å². The van der Waals surface area contributed by atoms with Crippen molar-refractivity contribution in [3.63, 3.8) is 0 Å². The maximum Gasteiger partial charge on any atom is 0.303 e. The Hall–Kier alpha value is -1.20. The first kappa shape index (κ1) is 12.3. The highest BCUT2D eigenvalue weighted by Gasteiger charge is 2.05. The van der Waals surface area contributed by atoms with Crippen LogP contribution in [0.1, 0.15) is 28.4 Å². The summed E-state index contributed by atoms with van der Waals surface area (Å²) < 4.78 is 0. The van der Waals surface area contributed by atoms with Crippen molar-refractivity contribution in [3.05, 3.63) is 38.5 Å². The van der Waals surface area contributed by atoms with Crippen LogP contribution in [0.15, 0.2) is 22.9 Å². The predicted octanol–water partition coefficient (Wildman–Crippen LogP) is 3.20. The largest absolute Gasteiger partial charge is 0.481 e. The number of thiazole rings is 1. The average molecular weight is 267 g/mol. The zero-order valence-electron chi connectivity index (χ0n) is 9.26. The van der Waals surface area contributed by atoms with Gasteiger partial charge < -0.3 is 5.11 Å². The van der Waals surface area contributed by atoms with Crippen LogP contribution in [0.5, 0.6) is 0 Å². The van der Waals surface area contributed by atoms with Gasteiger partial charge in [-0.2, -0.15) is 0 Å². The Bertz CT molecular complexity index is 476. The molecule has 2 aromatic heterocycles. The first-order valence-electron chi connectivity index (χ1n) is 5.41. The van der Waals surface area contributed by atoms with E-state index in [0.29, 0.717) is 6.42 Å². The van der Waals surface area contributed by atoms with Crippen LogP contribution in [-0.2, 0) is 17.6 Å². The molecule has 0 spiro atoms. The molecule has 0 saturated heterocycles. The molecular formula is C12H13NO2S2. The molecule has 2 rings (SSSR count). The van der Waals surface area contributed by atoms with Gasteiger partial charge in [-0.1, -0.05) is 6.07 Å². The van der Waals surface area contributed by atoms with Gasteiger partial charge in [0.05, 0.1) is 10.7 Å². The summed E-state index contributed by atoms with van der Waals surface area (Å²) in [6, 6.07) is 4.15. The number of carboxylic acids is 1. The van der Waals surface area contributed by atoms with Gasteiger partial charge in [-0.3, -0.25) is 4.79 Å². The third-order valence-corrected chi connectivity index (χ3v) is 4.10. The molecule has 3 nitrogen and oxygen atoms in total. The van der Waals surface area contributed by atoms with E-state index in [2.05, 4.69) is 16.4 Å². The number of hydrogen-bond acceptors (Lipinski definition) is 4. The molecular weight excluding hydrogens is 254 g/mol. The summed E-state index contributed by atoms with van der Waals surface area (Å²) in [7, 11) is 0. The molecule has 1 N–H and O–H groups in total. The molecule has 0 unspecified atom stereocenters. The van der Waals surface area contributed by atoms with Crippen LogP contribution in [0, 0.1) is 0 Å². The molecule has 0 bridgehead atoms. The van der Waals surface area contributed by atoms with Crippen LogP contribution in [0.4, 0.5) is 0 Å². The monoisotopic (exact) mass is 267 g/mol. The smallest absolute Gasteiger partial charge is 0.303 e. The number of aliphatic carboxylic acids is 1. The van der Waals surface area contributed by atoms with Crippen molar-refractivity contribution in [2.45, 2.75) is 25.7 Å². The summed E-state index contributed by atoms with van der Waals surface area (Å²) in [5.41, 5.74) is 1.02. The standard InChI is InChI=1S/C12H13NO2S2/c14-12(15)5-1-3-9-8-17-11(13-9)7-10-4-2-6-16-10/h2,4,6,8H,1,3,5,7H2,(H,14,15). The van der Waals surface area contributed by atoms with E-state index in [9.17, 15) is 4.79 Å². The van der Waals surface area contributed by atoms with Crippen molar-refractivity contribution in [3.8, 4) is 0 Å². The quantitative estimate of drug-likeness (QED) is 0.874. The van der Waals surface area contributed by atoms with Gasteiger partial charge in [0.15, 0.2) is 0 Å². The second-order valence-corrected chi connectivity index (χ2v) is 5.71. The van der Waals surface area contributed by atoms with Crippen molar-refractivity contribution >= 4 is 28.6 Å². The number of thiophene rings is 1. The summed E-state index contributed by atoms with van der Waals surface area (Å²) >= 11 is 3.39. The van der Waals surface area contributed by atoms with Gasteiger partial charge in [-0.25, -0.2) is 4.98 Å². The molecule has 0 aliphatic rings. The second-order valence-electron chi connectivity index (χ2n) is 3.74. The third-order valence-electron chi connectivity index (χ3n) is 2.33. The normalized spacial score (nSPS) is 10.6. The Morgan fingerprint density at radius 1 is 1.41 bits per heavy atom. The van der Waals surface area contributed by atoms with Gasteiger partial charge in [-0.15, -0.1) is 22.7 Å². The van der Waals surface area contributed by atoms with Crippen molar-refractivity contribution in [1.29, 1.82) is 0 Å². The highest BCUT2D eigenvalue weighted by atomic mass is 32.1. The van der Waals surface area contributed by atoms with Crippen molar-refractivity contribution < 1.29 is 9.90 Å². The summed E-state index contributed by atoms with van der Waals surface area (Å²) in [4.78, 5) is 16.2. The molecule has 0 saturated carbocycles. The van der Waals surface area contributed by atoms with Crippen molar-refractivity contribution in [1.82, 2.24) is 4.98 Å². The number of aromatic nitrogens is 1. The fraction of sp³-hybridized carbons (Fsp3) is 0.333. The lowest BCUT2D eigenvalue weighted by Gasteiger charge is -1.94. The van der Waals surface area contributed by atoms with E-state index in [-0.39, 0.29) is 6.42 Å². The Kier molecular flexibility index (Phi) is 4.28. The zero-order chi connectivity index (χ0) is 12.1. The van der Waals surface area contributed by atoms with E-state index in [1.807, 2.05) is 11.4 Å². The Balaban J connectivity index is 1.85. The minimum Gasteiger partial charge on any atom is -0.481 e. The molecule has 0 fully saturated rings. The van der Waals surface area contributed by atoms with Gasteiger partial charge >= 0.3 is 5.97 Å². The van der Waals surface area contributed by atoms with Crippen LogP contribution < -0.4 is 0 Å². The molecule has 0 radical (unpaired) electrons. The number of hydrogen-bond donors (Lipinski definition) is 1.